The lowest BCUT2D eigenvalue weighted by molar-refractivity contribution is -0.137. The van der Waals surface area contributed by atoms with Crippen LogP contribution in [0.2, 0.25) is 0 Å². The Morgan fingerprint density at radius 1 is 1.45 bits per heavy atom. The van der Waals surface area contributed by atoms with Gasteiger partial charge in [0.2, 0.25) is 10.0 Å². The molecule has 2 N–H and O–H groups in total. The van der Waals surface area contributed by atoms with E-state index in [0.29, 0.717) is 5.69 Å². The summed E-state index contributed by atoms with van der Waals surface area (Å²) in [7, 11) is -2.03. The number of nitrogens with one attached hydrogen (secondary N) is 1. The number of hydrogen-bond donors (Lipinski definition) is 2. The highest BCUT2D eigenvalue weighted by Gasteiger charge is 2.17. The summed E-state index contributed by atoms with van der Waals surface area (Å²) in [6.45, 7) is -0.305. The molecule has 0 aromatic carbocycles. The van der Waals surface area contributed by atoms with Gasteiger partial charge in [0.05, 0.1) is 18.4 Å². The molecular formula is C10H13N5O4S. The maximum atomic E-state index is 12.0. The lowest BCUT2D eigenvalue weighted by atomic mass is 10.4. The van der Waals surface area contributed by atoms with Crippen molar-refractivity contribution >= 4 is 16.0 Å². The van der Waals surface area contributed by atoms with Gasteiger partial charge in [-0.1, -0.05) is 0 Å². The van der Waals surface area contributed by atoms with E-state index in [4.69, 9.17) is 5.11 Å². The van der Waals surface area contributed by atoms with E-state index in [1.54, 1.807) is 24.0 Å². The molecule has 0 aliphatic heterocycles. The van der Waals surface area contributed by atoms with Gasteiger partial charge in [-0.2, -0.15) is 10.2 Å². The maximum absolute atomic E-state index is 12.0. The third kappa shape index (κ3) is 3.22. The summed E-state index contributed by atoms with van der Waals surface area (Å²) in [5.74, 6) is -1.10. The molecule has 0 saturated carbocycles. The summed E-state index contributed by atoms with van der Waals surface area (Å²) in [4.78, 5) is 10.4. The lowest BCUT2D eigenvalue weighted by Gasteiger charge is -2.04. The van der Waals surface area contributed by atoms with E-state index in [-0.39, 0.29) is 11.4 Å². The zero-order valence-electron chi connectivity index (χ0n) is 10.6. The minimum Gasteiger partial charge on any atom is -0.480 e. The van der Waals surface area contributed by atoms with E-state index < -0.39 is 22.5 Å². The van der Waals surface area contributed by atoms with E-state index >= 15 is 0 Å². The Balaban J connectivity index is 2.08. The molecule has 0 radical (unpaired) electrons. The first-order chi connectivity index (χ1) is 9.38. The number of carbonyl (C=O) groups is 1. The lowest BCUT2D eigenvalue weighted by Crippen LogP contribution is -2.24. The van der Waals surface area contributed by atoms with Gasteiger partial charge in [-0.25, -0.2) is 13.1 Å². The summed E-state index contributed by atoms with van der Waals surface area (Å²) >= 11 is 0. The Morgan fingerprint density at radius 3 is 2.80 bits per heavy atom. The number of nitrogens with zero attached hydrogens (tertiary/aromatic N) is 4. The van der Waals surface area contributed by atoms with Crippen LogP contribution in [0.15, 0.2) is 29.6 Å². The van der Waals surface area contributed by atoms with Crippen molar-refractivity contribution in [2.24, 2.45) is 7.05 Å². The highest BCUT2D eigenvalue weighted by molar-refractivity contribution is 7.89. The van der Waals surface area contributed by atoms with Crippen LogP contribution < -0.4 is 4.72 Å². The molecule has 0 atom stereocenters. The van der Waals surface area contributed by atoms with Crippen LogP contribution >= 0.6 is 0 Å². The second-order valence-electron chi connectivity index (χ2n) is 4.04. The van der Waals surface area contributed by atoms with Crippen LogP contribution in [0.1, 0.15) is 5.69 Å². The molecule has 0 aliphatic rings. The summed E-state index contributed by atoms with van der Waals surface area (Å²) in [6, 6.07) is 1.69. The van der Waals surface area contributed by atoms with Gasteiger partial charge >= 0.3 is 5.97 Å². The van der Waals surface area contributed by atoms with E-state index in [1.807, 2.05) is 0 Å². The number of carboxylic acids is 1. The van der Waals surface area contributed by atoms with Crippen molar-refractivity contribution in [2.45, 2.75) is 18.0 Å². The van der Waals surface area contributed by atoms with Crippen LogP contribution in [0.3, 0.4) is 0 Å². The average molecular weight is 299 g/mol. The monoisotopic (exact) mass is 299 g/mol. The highest BCUT2D eigenvalue weighted by atomic mass is 32.2. The van der Waals surface area contributed by atoms with Crippen LogP contribution in [0.5, 0.6) is 0 Å². The molecule has 0 fully saturated rings. The van der Waals surface area contributed by atoms with Gasteiger partial charge in [0, 0.05) is 19.4 Å². The molecule has 0 spiro atoms. The first-order valence-corrected chi connectivity index (χ1v) is 7.07. The Bertz CT molecular complexity index is 718. The molecule has 0 amide bonds. The van der Waals surface area contributed by atoms with Gasteiger partial charge in [-0.3, -0.25) is 14.2 Å². The van der Waals surface area contributed by atoms with Crippen LogP contribution in [0.4, 0.5) is 0 Å². The molecule has 0 aliphatic carbocycles. The molecule has 9 nitrogen and oxygen atoms in total. The Morgan fingerprint density at radius 2 is 2.20 bits per heavy atom. The quantitative estimate of drug-likeness (QED) is 0.719. The van der Waals surface area contributed by atoms with Crippen molar-refractivity contribution in [1.82, 2.24) is 24.3 Å². The van der Waals surface area contributed by atoms with Crippen LogP contribution in [-0.4, -0.2) is 39.1 Å². The Labute approximate surface area is 114 Å². The number of aryl methyl sites for hydroxylation is 1. The minimum atomic E-state index is -3.74. The standard InChI is InChI=1S/C10H13N5O4S/c1-14-8(2-3-11-14)4-13-20(18,19)9-5-12-15(6-9)7-10(16)17/h2-3,5-6,13H,4,7H2,1H3,(H,16,17). The largest absolute Gasteiger partial charge is 0.480 e. The van der Waals surface area contributed by atoms with Crippen molar-refractivity contribution < 1.29 is 18.3 Å². The van der Waals surface area contributed by atoms with Gasteiger partial charge in [-0.05, 0) is 6.07 Å². The summed E-state index contributed by atoms with van der Waals surface area (Å²) in [5.41, 5.74) is 0.700. The molecule has 0 bridgehead atoms. The zero-order chi connectivity index (χ0) is 14.8. The summed E-state index contributed by atoms with van der Waals surface area (Å²) in [6.07, 6.45) is 3.84. The molecule has 10 heteroatoms. The van der Waals surface area contributed by atoms with E-state index in [9.17, 15) is 13.2 Å². The fraction of sp³-hybridized carbons (Fsp3) is 0.300. The number of sulfonamides is 1. The number of hydrogen-bond acceptors (Lipinski definition) is 5. The van der Waals surface area contributed by atoms with Gasteiger partial charge < -0.3 is 5.11 Å². The zero-order valence-corrected chi connectivity index (χ0v) is 11.4. The van der Waals surface area contributed by atoms with Gasteiger partial charge in [0.1, 0.15) is 11.4 Å². The van der Waals surface area contributed by atoms with E-state index in [1.165, 1.54) is 6.20 Å². The fourth-order valence-corrected chi connectivity index (χ4v) is 2.49. The molecule has 2 heterocycles. The number of aliphatic carboxylic acids is 1. The van der Waals surface area contributed by atoms with E-state index in [2.05, 4.69) is 14.9 Å². The molecule has 0 saturated heterocycles. The molecular weight excluding hydrogens is 286 g/mol. The van der Waals surface area contributed by atoms with Crippen molar-refractivity contribution in [2.75, 3.05) is 0 Å². The molecule has 0 unspecified atom stereocenters. The van der Waals surface area contributed by atoms with Crippen molar-refractivity contribution in [3.05, 3.63) is 30.4 Å². The van der Waals surface area contributed by atoms with Gasteiger partial charge in [-0.15, -0.1) is 0 Å². The SMILES string of the molecule is Cn1nccc1CNS(=O)(=O)c1cnn(CC(=O)O)c1. The number of carboxylic acid groups (broad SMARTS) is 1. The minimum absolute atomic E-state index is 0.0825. The molecule has 20 heavy (non-hydrogen) atoms. The average Bonchev–Trinajstić information content (AvgIpc) is 2.95. The maximum Gasteiger partial charge on any atom is 0.325 e. The summed E-state index contributed by atoms with van der Waals surface area (Å²) in [5, 5.41) is 16.2. The molecule has 2 aromatic rings. The van der Waals surface area contributed by atoms with Crippen LogP contribution in [0.25, 0.3) is 0 Å². The third-order valence-corrected chi connectivity index (χ3v) is 3.94. The van der Waals surface area contributed by atoms with E-state index in [0.717, 1.165) is 10.9 Å². The van der Waals surface area contributed by atoms with Crippen LogP contribution in [0, 0.1) is 0 Å². The first kappa shape index (κ1) is 14.2. The van der Waals surface area contributed by atoms with Crippen molar-refractivity contribution in [3.63, 3.8) is 0 Å². The Kier molecular flexibility index (Phi) is 3.86. The number of rotatable bonds is 6. The van der Waals surface area contributed by atoms with Crippen molar-refractivity contribution in [1.29, 1.82) is 0 Å². The second kappa shape index (κ2) is 5.43. The second-order valence-corrected chi connectivity index (χ2v) is 5.81. The van der Waals surface area contributed by atoms with Gasteiger partial charge in [0.25, 0.3) is 0 Å². The number of aromatic nitrogens is 4. The highest BCUT2D eigenvalue weighted by Crippen LogP contribution is 2.08. The fourth-order valence-electron chi connectivity index (χ4n) is 1.54. The van der Waals surface area contributed by atoms with Crippen molar-refractivity contribution in [3.8, 4) is 0 Å². The Hall–Kier alpha value is -2.20. The summed E-state index contributed by atoms with van der Waals surface area (Å²) < 4.78 is 29.0. The molecule has 2 aromatic heterocycles. The predicted octanol–water partition coefficient (Wildman–Crippen LogP) is -0.820. The van der Waals surface area contributed by atoms with Crippen LogP contribution in [-0.2, 0) is 35.0 Å². The van der Waals surface area contributed by atoms with Gasteiger partial charge in [0.15, 0.2) is 0 Å². The predicted molar refractivity (Wildman–Crippen MR) is 67.1 cm³/mol. The smallest absolute Gasteiger partial charge is 0.325 e. The molecule has 2 rings (SSSR count). The first-order valence-electron chi connectivity index (χ1n) is 5.59. The topological polar surface area (TPSA) is 119 Å². The normalized spacial score (nSPS) is 11.7. The third-order valence-electron chi connectivity index (χ3n) is 2.58. The molecule has 108 valence electrons.